The zero-order valence-corrected chi connectivity index (χ0v) is 10.2. The summed E-state index contributed by atoms with van der Waals surface area (Å²) in [5.41, 5.74) is 4.97. The molecule has 0 fully saturated rings. The second-order valence-corrected chi connectivity index (χ2v) is 3.71. The first-order chi connectivity index (χ1) is 7.60. The van der Waals surface area contributed by atoms with Crippen molar-refractivity contribution in [1.82, 2.24) is 5.06 Å². The summed E-state index contributed by atoms with van der Waals surface area (Å²) < 4.78 is 0. The third-order valence-corrected chi connectivity index (χ3v) is 1.98. The highest BCUT2D eigenvalue weighted by molar-refractivity contribution is 5.75. The van der Waals surface area contributed by atoms with Gasteiger partial charge in [0.25, 0.3) is 0 Å². The SMILES string of the molecule is CCCN(CCC)OC(=O)CCCC(N)=O. The van der Waals surface area contributed by atoms with Crippen molar-refractivity contribution in [2.45, 2.75) is 46.0 Å². The van der Waals surface area contributed by atoms with Gasteiger partial charge in [-0.3, -0.25) is 9.59 Å². The number of rotatable bonds is 9. The largest absolute Gasteiger partial charge is 0.370 e. The molecule has 0 unspecified atom stereocenters. The molecule has 0 radical (unpaired) electrons. The predicted octanol–water partition coefficient (Wildman–Crippen LogP) is 1.22. The first-order valence-electron chi connectivity index (χ1n) is 5.84. The molecule has 0 rings (SSSR count). The molecule has 0 spiro atoms. The van der Waals surface area contributed by atoms with Gasteiger partial charge in [-0.2, -0.15) is 0 Å². The first-order valence-corrected chi connectivity index (χ1v) is 5.84. The highest BCUT2D eigenvalue weighted by atomic mass is 16.7. The molecule has 0 bridgehead atoms. The maximum absolute atomic E-state index is 11.4. The quantitative estimate of drug-likeness (QED) is 0.604. The van der Waals surface area contributed by atoms with Crippen molar-refractivity contribution >= 4 is 11.9 Å². The van der Waals surface area contributed by atoms with Crippen molar-refractivity contribution in [3.8, 4) is 0 Å². The van der Waals surface area contributed by atoms with Crippen LogP contribution in [0.15, 0.2) is 0 Å². The minimum atomic E-state index is -0.383. The molecule has 0 heterocycles. The van der Waals surface area contributed by atoms with Crippen LogP contribution < -0.4 is 5.73 Å². The Bertz CT molecular complexity index is 213. The maximum Gasteiger partial charge on any atom is 0.325 e. The molecule has 0 saturated carbocycles. The molecule has 0 aromatic rings. The summed E-state index contributed by atoms with van der Waals surface area (Å²) in [5, 5.41) is 1.67. The van der Waals surface area contributed by atoms with Gasteiger partial charge in [0, 0.05) is 25.9 Å². The van der Waals surface area contributed by atoms with Crippen molar-refractivity contribution in [2.24, 2.45) is 5.73 Å². The molecule has 2 N–H and O–H groups in total. The topological polar surface area (TPSA) is 72.6 Å². The minimum absolute atomic E-state index is 0.233. The maximum atomic E-state index is 11.4. The van der Waals surface area contributed by atoms with Gasteiger partial charge in [-0.25, -0.2) is 0 Å². The third kappa shape index (κ3) is 8.23. The molecule has 16 heavy (non-hydrogen) atoms. The molecule has 0 aliphatic carbocycles. The highest BCUT2D eigenvalue weighted by Gasteiger charge is 2.10. The van der Waals surface area contributed by atoms with Crippen molar-refractivity contribution in [3.05, 3.63) is 0 Å². The van der Waals surface area contributed by atoms with E-state index in [1.54, 1.807) is 5.06 Å². The van der Waals surface area contributed by atoms with Gasteiger partial charge in [-0.05, 0) is 19.3 Å². The smallest absolute Gasteiger partial charge is 0.325 e. The van der Waals surface area contributed by atoms with Gasteiger partial charge in [-0.1, -0.05) is 13.8 Å². The molecule has 0 aliphatic heterocycles. The highest BCUT2D eigenvalue weighted by Crippen LogP contribution is 2.01. The summed E-state index contributed by atoms with van der Waals surface area (Å²) in [4.78, 5) is 27.0. The van der Waals surface area contributed by atoms with Crippen LogP contribution in [0, 0.1) is 0 Å². The van der Waals surface area contributed by atoms with E-state index in [1.165, 1.54) is 0 Å². The molecule has 0 aromatic heterocycles. The van der Waals surface area contributed by atoms with Crippen molar-refractivity contribution < 1.29 is 14.4 Å². The fourth-order valence-corrected chi connectivity index (χ4v) is 1.30. The molecule has 0 aliphatic rings. The zero-order valence-electron chi connectivity index (χ0n) is 10.2. The zero-order chi connectivity index (χ0) is 12.4. The van der Waals surface area contributed by atoms with E-state index in [0.29, 0.717) is 6.42 Å². The molecule has 0 aromatic carbocycles. The molecule has 1 amide bonds. The number of hydroxylamine groups is 2. The molecule has 5 nitrogen and oxygen atoms in total. The van der Waals surface area contributed by atoms with Crippen molar-refractivity contribution in [3.63, 3.8) is 0 Å². The van der Waals surface area contributed by atoms with Crippen LogP contribution in [-0.2, 0) is 14.4 Å². The van der Waals surface area contributed by atoms with Crippen LogP contribution in [0.25, 0.3) is 0 Å². The number of carbonyl (C=O) groups is 2. The normalized spacial score (nSPS) is 10.4. The lowest BCUT2D eigenvalue weighted by Crippen LogP contribution is -2.29. The average molecular weight is 230 g/mol. The summed E-state index contributed by atoms with van der Waals surface area (Å²) in [6, 6.07) is 0. The lowest BCUT2D eigenvalue weighted by Gasteiger charge is -2.19. The van der Waals surface area contributed by atoms with E-state index >= 15 is 0 Å². The molecule has 5 heteroatoms. The lowest BCUT2D eigenvalue weighted by molar-refractivity contribution is -0.191. The monoisotopic (exact) mass is 230 g/mol. The standard InChI is InChI=1S/C11H22N2O3/c1-3-8-13(9-4-2)16-11(15)7-5-6-10(12)14/h3-9H2,1-2H3,(H2,12,14). The molecule has 0 atom stereocenters. The van der Waals surface area contributed by atoms with Gasteiger partial charge in [0.1, 0.15) is 0 Å². The van der Waals surface area contributed by atoms with E-state index in [0.717, 1.165) is 25.9 Å². The fraction of sp³-hybridized carbons (Fsp3) is 0.818. The van der Waals surface area contributed by atoms with Gasteiger partial charge in [-0.15, -0.1) is 5.06 Å². The van der Waals surface area contributed by atoms with E-state index in [4.69, 9.17) is 10.6 Å². The first kappa shape index (κ1) is 14.9. The van der Waals surface area contributed by atoms with E-state index in [2.05, 4.69) is 0 Å². The average Bonchev–Trinajstić information content (AvgIpc) is 2.17. The third-order valence-electron chi connectivity index (χ3n) is 1.98. The van der Waals surface area contributed by atoms with Crippen LogP contribution in [0.3, 0.4) is 0 Å². The summed E-state index contributed by atoms with van der Waals surface area (Å²) >= 11 is 0. The number of nitrogens with zero attached hydrogens (tertiary/aromatic N) is 1. The summed E-state index contributed by atoms with van der Waals surface area (Å²) in [6.45, 7) is 5.55. The fourth-order valence-electron chi connectivity index (χ4n) is 1.30. The van der Waals surface area contributed by atoms with Gasteiger partial charge in [0.05, 0.1) is 0 Å². The summed E-state index contributed by atoms with van der Waals surface area (Å²) in [6.07, 6.45) is 2.81. The van der Waals surface area contributed by atoms with Crippen LogP contribution >= 0.6 is 0 Å². The van der Waals surface area contributed by atoms with Gasteiger partial charge in [0.15, 0.2) is 0 Å². The number of amides is 1. The number of primary amides is 1. The Morgan fingerprint density at radius 3 is 2.12 bits per heavy atom. The molecular weight excluding hydrogens is 208 g/mol. The lowest BCUT2D eigenvalue weighted by atomic mass is 10.2. The second kappa shape index (κ2) is 9.15. The van der Waals surface area contributed by atoms with E-state index in [1.807, 2.05) is 13.8 Å². The van der Waals surface area contributed by atoms with Crippen molar-refractivity contribution in [1.29, 1.82) is 0 Å². The molecular formula is C11H22N2O3. The minimum Gasteiger partial charge on any atom is -0.370 e. The van der Waals surface area contributed by atoms with E-state index in [9.17, 15) is 9.59 Å². The van der Waals surface area contributed by atoms with E-state index < -0.39 is 0 Å². The number of carbonyl (C=O) groups excluding carboxylic acids is 2. The number of hydrogen-bond donors (Lipinski definition) is 1. The number of hydrogen-bond acceptors (Lipinski definition) is 4. The second-order valence-electron chi connectivity index (χ2n) is 3.71. The Hall–Kier alpha value is -1.10. The Labute approximate surface area is 96.9 Å². The molecule has 94 valence electrons. The Balaban J connectivity index is 3.76. The Morgan fingerprint density at radius 2 is 1.69 bits per heavy atom. The van der Waals surface area contributed by atoms with Crippen LogP contribution in [0.4, 0.5) is 0 Å². The van der Waals surface area contributed by atoms with E-state index in [-0.39, 0.29) is 24.7 Å². The van der Waals surface area contributed by atoms with Gasteiger partial charge < -0.3 is 10.6 Å². The summed E-state index contributed by atoms with van der Waals surface area (Å²) in [5.74, 6) is -0.671. The van der Waals surface area contributed by atoms with Crippen LogP contribution in [-0.4, -0.2) is 30.0 Å². The van der Waals surface area contributed by atoms with Crippen LogP contribution in [0.1, 0.15) is 46.0 Å². The van der Waals surface area contributed by atoms with Crippen molar-refractivity contribution in [2.75, 3.05) is 13.1 Å². The van der Waals surface area contributed by atoms with Gasteiger partial charge >= 0.3 is 5.97 Å². The predicted molar refractivity (Wildman–Crippen MR) is 61.3 cm³/mol. The molecule has 0 saturated heterocycles. The Morgan fingerprint density at radius 1 is 1.12 bits per heavy atom. The van der Waals surface area contributed by atoms with Crippen LogP contribution in [0.5, 0.6) is 0 Å². The summed E-state index contributed by atoms with van der Waals surface area (Å²) in [7, 11) is 0. The van der Waals surface area contributed by atoms with Gasteiger partial charge in [0.2, 0.25) is 5.91 Å². The van der Waals surface area contributed by atoms with Crippen LogP contribution in [0.2, 0.25) is 0 Å². The number of nitrogens with two attached hydrogens (primary N) is 1. The Kier molecular flexibility index (Phi) is 8.52.